The third kappa shape index (κ3) is 4.77. The number of rotatable bonds is 7. The van der Waals surface area contributed by atoms with Crippen molar-refractivity contribution in [2.75, 3.05) is 0 Å². The summed E-state index contributed by atoms with van der Waals surface area (Å²) in [6, 6.07) is 15.0. The van der Waals surface area contributed by atoms with Crippen LogP contribution in [-0.2, 0) is 21.4 Å². The summed E-state index contributed by atoms with van der Waals surface area (Å²) in [5.74, 6) is -0.676. The van der Waals surface area contributed by atoms with Crippen LogP contribution in [0, 0.1) is 5.92 Å². The summed E-state index contributed by atoms with van der Waals surface area (Å²) >= 11 is 5.99. The van der Waals surface area contributed by atoms with Crippen LogP contribution >= 0.6 is 11.6 Å². The number of pyridine rings is 1. The van der Waals surface area contributed by atoms with Gasteiger partial charge < -0.3 is 9.72 Å². The van der Waals surface area contributed by atoms with Crippen LogP contribution in [0.15, 0.2) is 71.9 Å². The van der Waals surface area contributed by atoms with Crippen LogP contribution in [0.4, 0.5) is 0 Å². The maximum atomic E-state index is 13.0. The lowest BCUT2D eigenvalue weighted by molar-refractivity contribution is -0.123. The van der Waals surface area contributed by atoms with Gasteiger partial charge in [0, 0.05) is 12.4 Å². The Balaban J connectivity index is 1.49. The van der Waals surface area contributed by atoms with E-state index in [0.29, 0.717) is 16.4 Å². The first-order valence-corrected chi connectivity index (χ1v) is 12.0. The summed E-state index contributed by atoms with van der Waals surface area (Å²) in [6.45, 7) is 3.75. The number of halogens is 1. The smallest absolute Gasteiger partial charge is 0.241 e. The number of hydrogen-bond acceptors (Lipinski definition) is 4. The second-order valence-electron chi connectivity index (χ2n) is 7.91. The minimum absolute atomic E-state index is 0.117. The SMILES string of the molecule is CC(C)C(NS(=O)(=O)c1ccc2ccccc2c1)C(=O)NCc1cn2cc(Cl)ccc2n1. The zero-order valence-electron chi connectivity index (χ0n) is 17.6. The summed E-state index contributed by atoms with van der Waals surface area (Å²) in [5.41, 5.74) is 1.34. The first-order valence-electron chi connectivity index (χ1n) is 10.1. The summed E-state index contributed by atoms with van der Waals surface area (Å²) in [7, 11) is -3.89. The molecule has 4 rings (SSSR count). The van der Waals surface area contributed by atoms with Crippen molar-refractivity contribution in [3.05, 3.63) is 77.7 Å². The molecule has 4 aromatic rings. The summed E-state index contributed by atoms with van der Waals surface area (Å²) in [6.07, 6.45) is 3.49. The van der Waals surface area contributed by atoms with Gasteiger partial charge in [0.2, 0.25) is 15.9 Å². The van der Waals surface area contributed by atoms with Crippen LogP contribution in [0.5, 0.6) is 0 Å². The van der Waals surface area contributed by atoms with Crippen molar-refractivity contribution in [3.8, 4) is 0 Å². The highest BCUT2D eigenvalue weighted by atomic mass is 35.5. The number of amides is 1. The monoisotopic (exact) mass is 470 g/mol. The Labute approximate surface area is 191 Å². The molecule has 0 saturated heterocycles. The molecule has 1 amide bonds. The van der Waals surface area contributed by atoms with E-state index < -0.39 is 22.0 Å². The van der Waals surface area contributed by atoms with Gasteiger partial charge in [0.25, 0.3) is 0 Å². The Morgan fingerprint density at radius 2 is 1.81 bits per heavy atom. The molecule has 0 aliphatic carbocycles. The van der Waals surface area contributed by atoms with E-state index in [1.807, 2.05) is 24.3 Å². The molecule has 1 unspecified atom stereocenters. The fourth-order valence-corrected chi connectivity index (χ4v) is 5.00. The number of carbonyl (C=O) groups excluding carboxylic acids is 1. The molecule has 0 saturated carbocycles. The number of nitrogens with one attached hydrogen (secondary N) is 2. The molecule has 32 heavy (non-hydrogen) atoms. The molecule has 7 nitrogen and oxygen atoms in total. The number of fused-ring (bicyclic) bond motifs is 2. The molecule has 2 aromatic carbocycles. The zero-order chi connectivity index (χ0) is 22.9. The van der Waals surface area contributed by atoms with E-state index >= 15 is 0 Å². The molecular weight excluding hydrogens is 448 g/mol. The third-order valence-electron chi connectivity index (χ3n) is 5.17. The maximum absolute atomic E-state index is 13.0. The van der Waals surface area contributed by atoms with Crippen LogP contribution in [-0.4, -0.2) is 29.8 Å². The predicted molar refractivity (Wildman–Crippen MR) is 125 cm³/mol. The van der Waals surface area contributed by atoms with E-state index in [1.54, 1.807) is 61.0 Å². The third-order valence-corrected chi connectivity index (χ3v) is 6.83. The normalized spacial score (nSPS) is 13.0. The van der Waals surface area contributed by atoms with Crippen molar-refractivity contribution in [2.45, 2.75) is 31.3 Å². The van der Waals surface area contributed by atoms with Crippen molar-refractivity contribution in [3.63, 3.8) is 0 Å². The summed E-state index contributed by atoms with van der Waals surface area (Å²) in [5, 5.41) is 5.12. The molecular formula is C23H23ClN4O3S. The van der Waals surface area contributed by atoms with Gasteiger partial charge in [0.1, 0.15) is 11.7 Å². The number of imidazole rings is 1. The van der Waals surface area contributed by atoms with Gasteiger partial charge in [-0.1, -0.05) is 55.8 Å². The number of nitrogens with zero attached hydrogens (tertiary/aromatic N) is 2. The van der Waals surface area contributed by atoms with Gasteiger partial charge in [-0.25, -0.2) is 13.4 Å². The van der Waals surface area contributed by atoms with Gasteiger partial charge in [-0.2, -0.15) is 4.72 Å². The Hall–Kier alpha value is -2.94. The van der Waals surface area contributed by atoms with E-state index in [4.69, 9.17) is 11.6 Å². The van der Waals surface area contributed by atoms with Gasteiger partial charge >= 0.3 is 0 Å². The molecule has 0 radical (unpaired) electrons. The number of hydrogen-bond donors (Lipinski definition) is 2. The molecule has 2 heterocycles. The topological polar surface area (TPSA) is 92.6 Å². The lowest BCUT2D eigenvalue weighted by Crippen LogP contribution is -2.49. The highest BCUT2D eigenvalue weighted by Gasteiger charge is 2.28. The van der Waals surface area contributed by atoms with E-state index in [-0.39, 0.29) is 17.4 Å². The molecule has 9 heteroatoms. The number of sulfonamides is 1. The number of carbonyl (C=O) groups is 1. The molecule has 0 aliphatic rings. The largest absolute Gasteiger partial charge is 0.349 e. The van der Waals surface area contributed by atoms with Crippen molar-refractivity contribution >= 4 is 44.0 Å². The van der Waals surface area contributed by atoms with Crippen molar-refractivity contribution in [1.29, 1.82) is 0 Å². The molecule has 0 bridgehead atoms. The van der Waals surface area contributed by atoms with E-state index in [9.17, 15) is 13.2 Å². The number of aromatic nitrogens is 2. The van der Waals surface area contributed by atoms with Crippen molar-refractivity contribution in [2.24, 2.45) is 5.92 Å². The summed E-state index contributed by atoms with van der Waals surface area (Å²) in [4.78, 5) is 17.4. The molecule has 2 aromatic heterocycles. The number of benzene rings is 2. The van der Waals surface area contributed by atoms with E-state index in [1.165, 1.54) is 0 Å². The van der Waals surface area contributed by atoms with Crippen molar-refractivity contribution < 1.29 is 13.2 Å². The van der Waals surface area contributed by atoms with Gasteiger partial charge in [0.05, 0.1) is 22.2 Å². The average Bonchev–Trinajstić information content (AvgIpc) is 3.17. The maximum Gasteiger partial charge on any atom is 0.241 e. The molecule has 0 fully saturated rings. The molecule has 166 valence electrons. The van der Waals surface area contributed by atoms with Gasteiger partial charge in [-0.15, -0.1) is 0 Å². The predicted octanol–water partition coefficient (Wildman–Crippen LogP) is 3.76. The Bertz CT molecular complexity index is 1400. The summed E-state index contributed by atoms with van der Waals surface area (Å²) < 4.78 is 30.3. The molecule has 1 atom stereocenters. The van der Waals surface area contributed by atoms with Gasteiger partial charge in [-0.3, -0.25) is 4.79 Å². The van der Waals surface area contributed by atoms with Crippen LogP contribution in [0.25, 0.3) is 16.4 Å². The van der Waals surface area contributed by atoms with E-state index in [2.05, 4.69) is 15.0 Å². The van der Waals surface area contributed by atoms with Gasteiger partial charge in [-0.05, 0) is 41.0 Å². The second kappa shape index (κ2) is 8.90. The Morgan fingerprint density at radius 3 is 2.56 bits per heavy atom. The average molecular weight is 471 g/mol. The van der Waals surface area contributed by atoms with Crippen LogP contribution in [0.2, 0.25) is 5.02 Å². The second-order valence-corrected chi connectivity index (χ2v) is 10.1. The van der Waals surface area contributed by atoms with E-state index in [0.717, 1.165) is 10.8 Å². The standard InChI is InChI=1S/C23H23ClN4O3S/c1-15(2)22(23(29)25-12-19-14-28-13-18(24)8-10-21(28)26-19)27-32(30,31)20-9-7-16-5-3-4-6-17(16)11-20/h3-11,13-15,22,27H,12H2,1-2H3,(H,25,29). The Kier molecular flexibility index (Phi) is 6.19. The minimum Gasteiger partial charge on any atom is -0.349 e. The molecule has 0 spiro atoms. The van der Waals surface area contributed by atoms with Crippen LogP contribution < -0.4 is 10.0 Å². The lowest BCUT2D eigenvalue weighted by atomic mass is 10.1. The zero-order valence-corrected chi connectivity index (χ0v) is 19.2. The van der Waals surface area contributed by atoms with Crippen LogP contribution in [0.1, 0.15) is 19.5 Å². The quantitative estimate of drug-likeness (QED) is 0.430. The van der Waals surface area contributed by atoms with Gasteiger partial charge in [0.15, 0.2) is 0 Å². The first-order chi connectivity index (χ1) is 15.2. The highest BCUT2D eigenvalue weighted by Crippen LogP contribution is 2.20. The van der Waals surface area contributed by atoms with Crippen LogP contribution in [0.3, 0.4) is 0 Å². The Morgan fingerprint density at radius 1 is 1.06 bits per heavy atom. The fraction of sp³-hybridized carbons (Fsp3) is 0.217. The first kappa shape index (κ1) is 22.3. The van der Waals surface area contributed by atoms with Crippen molar-refractivity contribution in [1.82, 2.24) is 19.4 Å². The molecule has 0 aliphatic heterocycles. The minimum atomic E-state index is -3.89. The highest BCUT2D eigenvalue weighted by molar-refractivity contribution is 7.89. The lowest BCUT2D eigenvalue weighted by Gasteiger charge is -2.21. The fourth-order valence-electron chi connectivity index (χ4n) is 3.45. The molecule has 2 N–H and O–H groups in total.